The van der Waals surface area contributed by atoms with Gasteiger partial charge in [-0.3, -0.25) is 14.5 Å². The maximum atomic E-state index is 13.2. The van der Waals surface area contributed by atoms with Gasteiger partial charge in [0.25, 0.3) is 0 Å². The monoisotopic (exact) mass is 429 g/mol. The summed E-state index contributed by atoms with van der Waals surface area (Å²) in [5.74, 6) is -1.55. The third kappa shape index (κ3) is 4.54. The Kier molecular flexibility index (Phi) is 6.59. The molecule has 8 heteroatoms. The van der Waals surface area contributed by atoms with Gasteiger partial charge in [-0.05, 0) is 26.3 Å². The zero-order valence-electron chi connectivity index (χ0n) is 17.9. The summed E-state index contributed by atoms with van der Waals surface area (Å²) in [6.45, 7) is 4.46. The number of aldehydes is 1. The van der Waals surface area contributed by atoms with Gasteiger partial charge in [-0.15, -0.1) is 0 Å². The molecule has 31 heavy (non-hydrogen) atoms. The molecule has 0 aliphatic carbocycles. The largest absolute Gasteiger partial charge is 0.427 e. The van der Waals surface area contributed by atoms with Gasteiger partial charge in [-0.1, -0.05) is 42.5 Å². The second kappa shape index (κ2) is 9.01. The van der Waals surface area contributed by atoms with Crippen LogP contribution >= 0.6 is 0 Å². The standard InChI is InChI=1S/C23H27NO7/c1-22(2,3)20(27)29-15-30-21(28)23(12-7-10-16-8-5-4-6-9-16)17(11-13-25)31-19-14-18(26)24(19)23/h4-10,13,17,19H,11-12,14-15H2,1-3H3/b10-7+/t17?,19-,23?/m1/s1. The number of carbonyl (C=O) groups excluding carboxylic acids is 4. The number of rotatable bonds is 8. The van der Waals surface area contributed by atoms with Gasteiger partial charge in [0.1, 0.15) is 18.6 Å². The molecule has 2 aliphatic heterocycles. The van der Waals surface area contributed by atoms with E-state index in [1.807, 2.05) is 36.4 Å². The predicted molar refractivity (Wildman–Crippen MR) is 110 cm³/mol. The number of hydrogen-bond donors (Lipinski definition) is 0. The summed E-state index contributed by atoms with van der Waals surface area (Å²) >= 11 is 0. The number of β-lactam (4-membered cyclic amide) rings is 1. The Hall–Kier alpha value is -3.00. The number of ether oxygens (including phenoxy) is 3. The number of fused-ring (bicyclic) bond motifs is 1. The van der Waals surface area contributed by atoms with Crippen LogP contribution in [0.3, 0.4) is 0 Å². The van der Waals surface area contributed by atoms with Crippen molar-refractivity contribution in [2.75, 3.05) is 6.79 Å². The summed E-state index contributed by atoms with van der Waals surface area (Å²) in [5.41, 5.74) is -1.33. The third-order valence-electron chi connectivity index (χ3n) is 5.38. The van der Waals surface area contributed by atoms with Gasteiger partial charge in [0, 0.05) is 12.8 Å². The molecule has 3 rings (SSSR count). The van der Waals surface area contributed by atoms with Crippen molar-refractivity contribution in [2.45, 2.75) is 57.9 Å². The number of esters is 2. The summed E-state index contributed by atoms with van der Waals surface area (Å²) in [7, 11) is 0. The number of benzene rings is 1. The van der Waals surface area contributed by atoms with Crippen molar-refractivity contribution in [1.82, 2.24) is 4.90 Å². The molecule has 8 nitrogen and oxygen atoms in total. The fourth-order valence-electron chi connectivity index (χ4n) is 3.73. The Morgan fingerprint density at radius 3 is 2.55 bits per heavy atom. The zero-order valence-corrected chi connectivity index (χ0v) is 17.9. The van der Waals surface area contributed by atoms with Crippen molar-refractivity contribution in [2.24, 2.45) is 5.41 Å². The number of carbonyl (C=O) groups is 4. The molecule has 2 fully saturated rings. The van der Waals surface area contributed by atoms with E-state index in [1.54, 1.807) is 26.8 Å². The van der Waals surface area contributed by atoms with Gasteiger partial charge in [0.2, 0.25) is 12.7 Å². The molecule has 0 N–H and O–H groups in total. The fraction of sp³-hybridized carbons (Fsp3) is 0.478. The molecule has 2 heterocycles. The van der Waals surface area contributed by atoms with Crippen LogP contribution in [0, 0.1) is 5.41 Å². The van der Waals surface area contributed by atoms with Crippen LogP contribution < -0.4 is 0 Å². The summed E-state index contributed by atoms with van der Waals surface area (Å²) < 4.78 is 16.1. The van der Waals surface area contributed by atoms with E-state index in [1.165, 1.54) is 4.90 Å². The third-order valence-corrected chi connectivity index (χ3v) is 5.38. The van der Waals surface area contributed by atoms with E-state index in [-0.39, 0.29) is 25.2 Å². The second-order valence-electron chi connectivity index (χ2n) is 8.62. The minimum absolute atomic E-state index is 0.0731. The lowest BCUT2D eigenvalue weighted by atomic mass is 9.83. The number of amides is 1. The lowest BCUT2D eigenvalue weighted by molar-refractivity contribution is -0.186. The van der Waals surface area contributed by atoms with Crippen LogP contribution in [0.2, 0.25) is 0 Å². The highest BCUT2D eigenvalue weighted by Crippen LogP contribution is 2.45. The number of nitrogens with zero attached hydrogens (tertiary/aromatic N) is 1. The average Bonchev–Trinajstić information content (AvgIpc) is 2.96. The lowest BCUT2D eigenvalue weighted by Gasteiger charge is -2.43. The van der Waals surface area contributed by atoms with E-state index in [0.29, 0.717) is 6.29 Å². The first kappa shape index (κ1) is 22.7. The molecular weight excluding hydrogens is 402 g/mol. The van der Waals surface area contributed by atoms with Crippen LogP contribution in [0.1, 0.15) is 45.6 Å². The van der Waals surface area contributed by atoms with Crippen molar-refractivity contribution < 1.29 is 33.4 Å². The van der Waals surface area contributed by atoms with Gasteiger partial charge in [-0.25, -0.2) is 4.79 Å². The van der Waals surface area contributed by atoms with E-state index in [2.05, 4.69) is 0 Å². The molecule has 0 spiro atoms. The first-order valence-corrected chi connectivity index (χ1v) is 10.2. The molecule has 1 amide bonds. The summed E-state index contributed by atoms with van der Waals surface area (Å²) in [4.78, 5) is 50.2. The Bertz CT molecular complexity index is 874. The molecular formula is C23H27NO7. The van der Waals surface area contributed by atoms with Crippen molar-refractivity contribution in [3.8, 4) is 0 Å². The van der Waals surface area contributed by atoms with Crippen molar-refractivity contribution >= 4 is 30.2 Å². The Labute approximate surface area is 181 Å². The van der Waals surface area contributed by atoms with E-state index in [9.17, 15) is 19.2 Å². The smallest absolute Gasteiger partial charge is 0.338 e. The zero-order chi connectivity index (χ0) is 22.6. The van der Waals surface area contributed by atoms with Gasteiger partial charge >= 0.3 is 11.9 Å². The van der Waals surface area contributed by atoms with Gasteiger partial charge in [-0.2, -0.15) is 0 Å². The highest BCUT2D eigenvalue weighted by atomic mass is 16.7. The maximum Gasteiger partial charge on any atom is 0.338 e. The van der Waals surface area contributed by atoms with Crippen LogP contribution in [-0.4, -0.2) is 53.7 Å². The first-order valence-electron chi connectivity index (χ1n) is 10.2. The Morgan fingerprint density at radius 1 is 1.23 bits per heavy atom. The molecule has 2 aliphatic rings. The molecule has 1 aromatic carbocycles. The quantitative estimate of drug-likeness (QED) is 0.271. The fourth-order valence-corrected chi connectivity index (χ4v) is 3.73. The summed E-state index contributed by atoms with van der Waals surface area (Å²) in [6, 6.07) is 9.47. The van der Waals surface area contributed by atoms with Crippen LogP contribution in [0.4, 0.5) is 0 Å². The molecule has 2 unspecified atom stereocenters. The average molecular weight is 429 g/mol. The van der Waals surface area contributed by atoms with Crippen LogP contribution in [-0.2, 0) is 33.4 Å². The van der Waals surface area contributed by atoms with E-state index in [4.69, 9.17) is 14.2 Å². The summed E-state index contributed by atoms with van der Waals surface area (Å²) in [6.07, 6.45) is 2.97. The molecule has 1 aromatic rings. The molecule has 0 aromatic heterocycles. The van der Waals surface area contributed by atoms with Crippen LogP contribution in [0.5, 0.6) is 0 Å². The number of hydrogen-bond acceptors (Lipinski definition) is 7. The molecule has 0 radical (unpaired) electrons. The maximum absolute atomic E-state index is 13.2. The minimum Gasteiger partial charge on any atom is -0.427 e. The highest BCUT2D eigenvalue weighted by molar-refractivity contribution is 5.94. The minimum atomic E-state index is -1.50. The molecule has 0 bridgehead atoms. The molecule has 2 saturated heterocycles. The van der Waals surface area contributed by atoms with Crippen molar-refractivity contribution in [3.63, 3.8) is 0 Å². The first-order chi connectivity index (χ1) is 14.7. The molecule has 3 atom stereocenters. The highest BCUT2D eigenvalue weighted by Gasteiger charge is 2.65. The predicted octanol–water partition coefficient (Wildman–Crippen LogP) is 2.46. The van der Waals surface area contributed by atoms with E-state index >= 15 is 0 Å². The normalized spacial score (nSPS) is 25.1. The summed E-state index contributed by atoms with van der Waals surface area (Å²) in [5, 5.41) is 0. The van der Waals surface area contributed by atoms with Crippen LogP contribution in [0.15, 0.2) is 36.4 Å². The Morgan fingerprint density at radius 2 is 1.94 bits per heavy atom. The van der Waals surface area contributed by atoms with Gasteiger partial charge in [0.05, 0.1) is 11.8 Å². The molecule has 166 valence electrons. The topological polar surface area (TPSA) is 99.2 Å². The SMILES string of the molecule is CC(C)(C)C(=O)OCOC(=O)C1(C/C=C/c2ccccc2)C(CC=O)O[C@@H]2CC(=O)N21. The van der Waals surface area contributed by atoms with E-state index in [0.717, 1.165) is 5.56 Å². The molecule has 0 saturated carbocycles. The second-order valence-corrected chi connectivity index (χ2v) is 8.62. The van der Waals surface area contributed by atoms with E-state index < -0.39 is 42.0 Å². The Balaban J connectivity index is 1.82. The lowest BCUT2D eigenvalue weighted by Crippen LogP contribution is -2.65. The van der Waals surface area contributed by atoms with Gasteiger partial charge in [0.15, 0.2) is 5.54 Å². The van der Waals surface area contributed by atoms with Crippen molar-refractivity contribution in [1.29, 1.82) is 0 Å². The van der Waals surface area contributed by atoms with Crippen LogP contribution in [0.25, 0.3) is 6.08 Å². The van der Waals surface area contributed by atoms with Crippen molar-refractivity contribution in [3.05, 3.63) is 42.0 Å². The van der Waals surface area contributed by atoms with Gasteiger partial charge < -0.3 is 19.0 Å².